The summed E-state index contributed by atoms with van der Waals surface area (Å²) in [5.41, 5.74) is 2.42. The maximum atomic E-state index is 11.7. The van der Waals surface area contributed by atoms with Gasteiger partial charge in [0.05, 0.1) is 0 Å². The largest absolute Gasteiger partial charge is 0.340 e. The van der Waals surface area contributed by atoms with E-state index in [-0.39, 0.29) is 5.91 Å². The highest BCUT2D eigenvalue weighted by Crippen LogP contribution is 2.23. The zero-order chi connectivity index (χ0) is 19.1. The summed E-state index contributed by atoms with van der Waals surface area (Å²) in [5, 5.41) is 9.26. The molecule has 1 aromatic heterocycles. The van der Waals surface area contributed by atoms with Gasteiger partial charge in [0, 0.05) is 27.6 Å². The number of benzene rings is 2. The molecule has 0 bridgehead atoms. The molecule has 136 valence electrons. The summed E-state index contributed by atoms with van der Waals surface area (Å²) in [6, 6.07) is 17.1. The monoisotopic (exact) mass is 423 g/mol. The van der Waals surface area contributed by atoms with Crippen LogP contribution in [0.3, 0.4) is 0 Å². The molecule has 2 aromatic carbocycles. The Labute approximate surface area is 165 Å². The van der Waals surface area contributed by atoms with Crippen molar-refractivity contribution < 1.29 is 4.79 Å². The highest BCUT2D eigenvalue weighted by molar-refractivity contribution is 9.10. The van der Waals surface area contributed by atoms with Gasteiger partial charge in [-0.3, -0.25) is 4.79 Å². The Morgan fingerprint density at radius 3 is 2.22 bits per heavy atom. The molecule has 1 heterocycles. The molecular weight excluding hydrogens is 406 g/mol. The molecule has 0 saturated heterocycles. The van der Waals surface area contributed by atoms with Crippen molar-refractivity contribution in [2.24, 2.45) is 0 Å². The summed E-state index contributed by atoms with van der Waals surface area (Å²) >= 11 is 3.45. The number of hydrogen-bond acceptors (Lipinski definition) is 5. The quantitative estimate of drug-likeness (QED) is 0.472. The lowest BCUT2D eigenvalue weighted by Crippen LogP contribution is -2.07. The Hall–Kier alpha value is -3.19. The first-order chi connectivity index (χ1) is 13.1. The Kier molecular flexibility index (Phi) is 6.17. The zero-order valence-electron chi connectivity index (χ0n) is 14.6. The number of allylic oxidation sites excluding steroid dienone is 1. The molecule has 0 atom stereocenters. The SMILES string of the molecule is C/C=C/C(=O)Nc1cccc(Nc2cc(Nc3cccc(Br)c3)ncn2)c1. The molecule has 0 unspecified atom stereocenters. The lowest BCUT2D eigenvalue weighted by Gasteiger charge is -2.10. The van der Waals surface area contributed by atoms with E-state index in [1.165, 1.54) is 12.4 Å². The maximum absolute atomic E-state index is 11.7. The van der Waals surface area contributed by atoms with Gasteiger partial charge in [-0.1, -0.05) is 34.1 Å². The second-order valence-electron chi connectivity index (χ2n) is 5.62. The number of carbonyl (C=O) groups is 1. The third-order valence-corrected chi connectivity index (χ3v) is 3.98. The summed E-state index contributed by atoms with van der Waals surface area (Å²) in [5.74, 6) is 1.14. The topological polar surface area (TPSA) is 78.9 Å². The van der Waals surface area contributed by atoms with Gasteiger partial charge < -0.3 is 16.0 Å². The van der Waals surface area contributed by atoms with E-state index in [1.54, 1.807) is 13.0 Å². The first-order valence-corrected chi connectivity index (χ1v) is 9.07. The molecule has 0 aliphatic rings. The molecule has 0 fully saturated rings. The molecule has 0 saturated carbocycles. The van der Waals surface area contributed by atoms with Crippen LogP contribution < -0.4 is 16.0 Å². The molecule has 3 aromatic rings. The van der Waals surface area contributed by atoms with Crippen molar-refractivity contribution >= 4 is 50.5 Å². The van der Waals surface area contributed by atoms with Gasteiger partial charge in [0.25, 0.3) is 0 Å². The van der Waals surface area contributed by atoms with Crippen LogP contribution in [0.4, 0.5) is 28.7 Å². The summed E-state index contributed by atoms with van der Waals surface area (Å²) in [7, 11) is 0. The second kappa shape index (κ2) is 8.95. The van der Waals surface area contributed by atoms with Gasteiger partial charge in [0.1, 0.15) is 18.0 Å². The minimum atomic E-state index is -0.169. The van der Waals surface area contributed by atoms with Crippen molar-refractivity contribution in [3.05, 3.63) is 77.5 Å². The number of halogens is 1. The van der Waals surface area contributed by atoms with Crippen LogP contribution in [0.5, 0.6) is 0 Å². The van der Waals surface area contributed by atoms with Crippen LogP contribution in [0.25, 0.3) is 0 Å². The van der Waals surface area contributed by atoms with Crippen LogP contribution in [0.2, 0.25) is 0 Å². The molecule has 3 N–H and O–H groups in total. The van der Waals surface area contributed by atoms with E-state index < -0.39 is 0 Å². The Balaban J connectivity index is 1.72. The normalized spacial score (nSPS) is 10.6. The maximum Gasteiger partial charge on any atom is 0.248 e. The number of anilines is 5. The van der Waals surface area contributed by atoms with Crippen LogP contribution in [-0.4, -0.2) is 15.9 Å². The van der Waals surface area contributed by atoms with Crippen molar-refractivity contribution in [2.45, 2.75) is 6.92 Å². The number of carbonyl (C=O) groups excluding carboxylic acids is 1. The van der Waals surface area contributed by atoms with E-state index in [0.717, 1.165) is 15.8 Å². The van der Waals surface area contributed by atoms with Crippen molar-refractivity contribution in [1.29, 1.82) is 0 Å². The van der Waals surface area contributed by atoms with Gasteiger partial charge in [-0.2, -0.15) is 0 Å². The van der Waals surface area contributed by atoms with E-state index in [1.807, 2.05) is 54.6 Å². The average Bonchev–Trinajstić information content (AvgIpc) is 2.62. The Bertz CT molecular complexity index is 974. The fourth-order valence-electron chi connectivity index (χ4n) is 2.37. The molecule has 1 amide bonds. The third kappa shape index (κ3) is 5.65. The number of hydrogen-bond donors (Lipinski definition) is 3. The predicted octanol–water partition coefficient (Wildman–Crippen LogP) is 5.24. The average molecular weight is 424 g/mol. The molecule has 0 radical (unpaired) electrons. The van der Waals surface area contributed by atoms with Gasteiger partial charge >= 0.3 is 0 Å². The predicted molar refractivity (Wildman–Crippen MR) is 113 cm³/mol. The Morgan fingerprint density at radius 2 is 1.56 bits per heavy atom. The fraction of sp³-hybridized carbons (Fsp3) is 0.0500. The lowest BCUT2D eigenvalue weighted by atomic mass is 10.2. The van der Waals surface area contributed by atoms with Crippen molar-refractivity contribution in [2.75, 3.05) is 16.0 Å². The third-order valence-electron chi connectivity index (χ3n) is 3.48. The number of nitrogens with one attached hydrogen (secondary N) is 3. The molecule has 3 rings (SSSR count). The molecule has 0 spiro atoms. The van der Waals surface area contributed by atoms with Gasteiger partial charge in [-0.15, -0.1) is 0 Å². The first-order valence-electron chi connectivity index (χ1n) is 8.28. The van der Waals surface area contributed by atoms with Crippen molar-refractivity contribution in [3.63, 3.8) is 0 Å². The minimum Gasteiger partial charge on any atom is -0.340 e. The van der Waals surface area contributed by atoms with Gasteiger partial charge in [-0.05, 0) is 49.4 Å². The highest BCUT2D eigenvalue weighted by Gasteiger charge is 2.03. The zero-order valence-corrected chi connectivity index (χ0v) is 16.2. The molecular formula is C20H18BrN5O. The highest BCUT2D eigenvalue weighted by atomic mass is 79.9. The van der Waals surface area contributed by atoms with Crippen LogP contribution in [0, 0.1) is 0 Å². The number of amides is 1. The standard InChI is InChI=1S/C20H18BrN5O/c1-2-5-20(27)26-17-9-4-8-16(11-17)25-19-12-18(22-13-23-19)24-15-7-3-6-14(21)10-15/h2-13H,1H3,(H,26,27)(H2,22,23,24,25)/b5-2+. The molecule has 27 heavy (non-hydrogen) atoms. The van der Waals surface area contributed by atoms with Gasteiger partial charge in [0.15, 0.2) is 0 Å². The fourth-order valence-corrected chi connectivity index (χ4v) is 2.77. The van der Waals surface area contributed by atoms with Crippen LogP contribution >= 0.6 is 15.9 Å². The van der Waals surface area contributed by atoms with E-state index in [4.69, 9.17) is 0 Å². The summed E-state index contributed by atoms with van der Waals surface area (Å²) in [6.45, 7) is 1.80. The molecule has 6 nitrogen and oxygen atoms in total. The minimum absolute atomic E-state index is 0.169. The molecule has 0 aliphatic carbocycles. The van der Waals surface area contributed by atoms with Crippen molar-refractivity contribution in [1.82, 2.24) is 9.97 Å². The first kappa shape index (κ1) is 18.6. The summed E-state index contributed by atoms with van der Waals surface area (Å²) in [6.07, 6.45) is 4.66. The number of aromatic nitrogens is 2. The van der Waals surface area contributed by atoms with Gasteiger partial charge in [0.2, 0.25) is 5.91 Å². The Morgan fingerprint density at radius 1 is 0.926 bits per heavy atom. The van der Waals surface area contributed by atoms with E-state index in [0.29, 0.717) is 17.3 Å². The van der Waals surface area contributed by atoms with Crippen LogP contribution in [0.15, 0.2) is 77.5 Å². The summed E-state index contributed by atoms with van der Waals surface area (Å²) < 4.78 is 0.983. The van der Waals surface area contributed by atoms with Crippen LogP contribution in [-0.2, 0) is 4.79 Å². The summed E-state index contributed by atoms with van der Waals surface area (Å²) in [4.78, 5) is 20.2. The molecule has 7 heteroatoms. The van der Waals surface area contributed by atoms with E-state index >= 15 is 0 Å². The van der Waals surface area contributed by atoms with Gasteiger partial charge in [-0.25, -0.2) is 9.97 Å². The van der Waals surface area contributed by atoms with E-state index in [2.05, 4.69) is 41.8 Å². The molecule has 0 aliphatic heterocycles. The van der Waals surface area contributed by atoms with Crippen molar-refractivity contribution in [3.8, 4) is 0 Å². The lowest BCUT2D eigenvalue weighted by molar-refractivity contribution is -0.111. The smallest absolute Gasteiger partial charge is 0.248 e. The van der Waals surface area contributed by atoms with Crippen LogP contribution in [0.1, 0.15) is 6.92 Å². The number of nitrogens with zero attached hydrogens (tertiary/aromatic N) is 2. The van der Waals surface area contributed by atoms with E-state index in [9.17, 15) is 4.79 Å². The second-order valence-corrected chi connectivity index (χ2v) is 6.53. The number of rotatable bonds is 6.